The third kappa shape index (κ3) is 3.09. The van der Waals surface area contributed by atoms with Gasteiger partial charge in [-0.05, 0) is 44.7 Å². The van der Waals surface area contributed by atoms with E-state index in [0.717, 1.165) is 24.3 Å². The van der Waals surface area contributed by atoms with Crippen LogP contribution >= 0.6 is 0 Å². The quantitative estimate of drug-likeness (QED) is 0.837. The zero-order chi connectivity index (χ0) is 12.4. The van der Waals surface area contributed by atoms with E-state index in [1.165, 1.54) is 45.3 Å². The predicted molar refractivity (Wildman–Crippen MR) is 70.0 cm³/mol. The maximum absolute atomic E-state index is 4.17. The van der Waals surface area contributed by atoms with Crippen molar-refractivity contribution in [3.63, 3.8) is 0 Å². The molecule has 0 spiro atoms. The number of rotatable bonds is 5. The second-order valence-electron chi connectivity index (χ2n) is 5.78. The minimum Gasteiger partial charge on any atom is -0.320 e. The molecule has 0 amide bonds. The first-order chi connectivity index (χ1) is 8.81. The fourth-order valence-corrected chi connectivity index (χ4v) is 2.73. The van der Waals surface area contributed by atoms with E-state index in [4.69, 9.17) is 0 Å². The molecule has 1 atom stereocenters. The predicted octanol–water partition coefficient (Wildman–Crippen LogP) is 0.779. The molecule has 100 valence electrons. The molecule has 0 aromatic carbocycles. The van der Waals surface area contributed by atoms with Gasteiger partial charge in [0.2, 0.25) is 0 Å². The third-order valence-electron chi connectivity index (χ3n) is 4.05. The summed E-state index contributed by atoms with van der Waals surface area (Å²) in [4.78, 5) is 2.52. The van der Waals surface area contributed by atoms with Crippen molar-refractivity contribution in [1.82, 2.24) is 25.0 Å². The second-order valence-corrected chi connectivity index (χ2v) is 5.78. The Morgan fingerprint density at radius 1 is 1.39 bits per heavy atom. The fraction of sp³-hybridized carbons (Fsp3) is 0.846. The lowest BCUT2D eigenvalue weighted by Crippen LogP contribution is -2.40. The van der Waals surface area contributed by atoms with E-state index in [-0.39, 0.29) is 0 Å². The Labute approximate surface area is 109 Å². The van der Waals surface area contributed by atoms with Crippen LogP contribution in [0.1, 0.15) is 31.5 Å². The monoisotopic (exact) mass is 249 g/mol. The largest absolute Gasteiger partial charge is 0.320 e. The molecule has 1 N–H and O–H groups in total. The van der Waals surface area contributed by atoms with E-state index >= 15 is 0 Å². The van der Waals surface area contributed by atoms with Gasteiger partial charge in [0.15, 0.2) is 0 Å². The molecule has 1 aliphatic carbocycles. The molecule has 2 fully saturated rings. The van der Waals surface area contributed by atoms with Crippen LogP contribution in [0.25, 0.3) is 0 Å². The first kappa shape index (κ1) is 12.1. The molecular formula is C13H23N5. The van der Waals surface area contributed by atoms with Crippen molar-refractivity contribution in [2.24, 2.45) is 13.0 Å². The van der Waals surface area contributed by atoms with Crippen molar-refractivity contribution in [2.75, 3.05) is 19.6 Å². The summed E-state index contributed by atoms with van der Waals surface area (Å²) in [5.74, 6) is 1.89. The lowest BCUT2D eigenvalue weighted by atomic mass is 9.98. The van der Waals surface area contributed by atoms with Crippen LogP contribution in [0, 0.1) is 5.92 Å². The number of aryl methyl sites for hydroxylation is 1. The molecule has 5 heteroatoms. The molecule has 1 aromatic rings. The summed E-state index contributed by atoms with van der Waals surface area (Å²) >= 11 is 0. The van der Waals surface area contributed by atoms with Crippen LogP contribution in [0.15, 0.2) is 6.33 Å². The summed E-state index contributed by atoms with van der Waals surface area (Å²) in [6.07, 6.45) is 7.24. The van der Waals surface area contributed by atoms with Crippen LogP contribution in [0.4, 0.5) is 0 Å². The Kier molecular flexibility index (Phi) is 3.61. The van der Waals surface area contributed by atoms with Crippen molar-refractivity contribution in [3.05, 3.63) is 12.2 Å². The number of aromatic nitrogens is 3. The second kappa shape index (κ2) is 5.36. The van der Waals surface area contributed by atoms with Gasteiger partial charge in [-0.3, -0.25) is 4.90 Å². The molecule has 0 bridgehead atoms. The molecule has 18 heavy (non-hydrogen) atoms. The molecule has 1 saturated carbocycles. The number of piperidine rings is 1. The molecule has 1 aliphatic heterocycles. The highest BCUT2D eigenvalue weighted by molar-refractivity contribution is 4.87. The topological polar surface area (TPSA) is 46.0 Å². The van der Waals surface area contributed by atoms with E-state index in [1.54, 1.807) is 6.33 Å². The van der Waals surface area contributed by atoms with E-state index in [2.05, 4.69) is 20.4 Å². The molecule has 1 saturated heterocycles. The molecule has 1 aromatic heterocycles. The molecule has 5 nitrogen and oxygen atoms in total. The third-order valence-corrected chi connectivity index (χ3v) is 4.05. The first-order valence-corrected chi connectivity index (χ1v) is 7.10. The molecule has 3 rings (SSSR count). The van der Waals surface area contributed by atoms with E-state index in [1.807, 2.05) is 11.6 Å². The summed E-state index contributed by atoms with van der Waals surface area (Å²) in [5, 5.41) is 11.8. The Morgan fingerprint density at radius 3 is 3.00 bits per heavy atom. The Balaban J connectivity index is 1.48. The van der Waals surface area contributed by atoms with E-state index in [9.17, 15) is 0 Å². The highest BCUT2D eigenvalue weighted by Gasteiger charge is 2.25. The molecule has 2 aliphatic rings. The van der Waals surface area contributed by atoms with Gasteiger partial charge in [-0.25, -0.2) is 0 Å². The standard InChI is InChI=1S/C13H23N5/c1-17-10-15-16-13(17)9-18-6-2-3-11(8-18)7-14-12-4-5-12/h10-12,14H,2-9H2,1H3. The maximum Gasteiger partial charge on any atom is 0.146 e. The van der Waals surface area contributed by atoms with E-state index in [0.29, 0.717) is 0 Å². The van der Waals surface area contributed by atoms with Gasteiger partial charge in [0.05, 0.1) is 6.54 Å². The zero-order valence-corrected chi connectivity index (χ0v) is 11.2. The van der Waals surface area contributed by atoms with Gasteiger partial charge in [0.1, 0.15) is 12.2 Å². The van der Waals surface area contributed by atoms with Gasteiger partial charge in [0.25, 0.3) is 0 Å². The lowest BCUT2D eigenvalue weighted by Gasteiger charge is -2.32. The molecule has 0 radical (unpaired) electrons. The first-order valence-electron chi connectivity index (χ1n) is 7.10. The highest BCUT2D eigenvalue weighted by Crippen LogP contribution is 2.21. The van der Waals surface area contributed by atoms with Crippen LogP contribution in [0.2, 0.25) is 0 Å². The average molecular weight is 249 g/mol. The van der Waals surface area contributed by atoms with Crippen LogP contribution in [-0.4, -0.2) is 45.3 Å². The lowest BCUT2D eigenvalue weighted by molar-refractivity contribution is 0.160. The van der Waals surface area contributed by atoms with Gasteiger partial charge in [-0.1, -0.05) is 0 Å². The number of hydrogen-bond acceptors (Lipinski definition) is 4. The number of nitrogens with one attached hydrogen (secondary N) is 1. The minimum atomic E-state index is 0.813. The van der Waals surface area contributed by atoms with Gasteiger partial charge in [-0.2, -0.15) is 0 Å². The maximum atomic E-state index is 4.17. The average Bonchev–Trinajstić information content (AvgIpc) is 3.13. The van der Waals surface area contributed by atoms with Crippen molar-refractivity contribution >= 4 is 0 Å². The SMILES string of the molecule is Cn1cnnc1CN1CCCC(CNC2CC2)C1. The van der Waals surface area contributed by atoms with Crippen molar-refractivity contribution < 1.29 is 0 Å². The summed E-state index contributed by atoms with van der Waals surface area (Å²) < 4.78 is 2.02. The van der Waals surface area contributed by atoms with Crippen molar-refractivity contribution in [1.29, 1.82) is 0 Å². The zero-order valence-electron chi connectivity index (χ0n) is 11.2. The van der Waals surface area contributed by atoms with Crippen LogP contribution in [0.5, 0.6) is 0 Å². The number of likely N-dealkylation sites (tertiary alicyclic amines) is 1. The van der Waals surface area contributed by atoms with Crippen LogP contribution in [-0.2, 0) is 13.6 Å². The smallest absolute Gasteiger partial charge is 0.146 e. The Morgan fingerprint density at radius 2 is 2.28 bits per heavy atom. The highest BCUT2D eigenvalue weighted by atomic mass is 15.3. The number of nitrogens with zero attached hydrogens (tertiary/aromatic N) is 4. The van der Waals surface area contributed by atoms with Gasteiger partial charge >= 0.3 is 0 Å². The fourth-order valence-electron chi connectivity index (χ4n) is 2.73. The normalized spacial score (nSPS) is 25.5. The van der Waals surface area contributed by atoms with Gasteiger partial charge in [-0.15, -0.1) is 10.2 Å². The van der Waals surface area contributed by atoms with Gasteiger partial charge < -0.3 is 9.88 Å². The molecule has 1 unspecified atom stereocenters. The minimum absolute atomic E-state index is 0.813. The summed E-state index contributed by atoms with van der Waals surface area (Å²) in [6.45, 7) is 4.54. The summed E-state index contributed by atoms with van der Waals surface area (Å²) in [7, 11) is 2.02. The van der Waals surface area contributed by atoms with Crippen LogP contribution in [0.3, 0.4) is 0 Å². The summed E-state index contributed by atoms with van der Waals surface area (Å²) in [5.41, 5.74) is 0. The molecule has 2 heterocycles. The van der Waals surface area contributed by atoms with E-state index < -0.39 is 0 Å². The van der Waals surface area contributed by atoms with Crippen molar-refractivity contribution in [3.8, 4) is 0 Å². The Bertz CT molecular complexity index is 384. The Hall–Kier alpha value is -0.940. The van der Waals surface area contributed by atoms with Gasteiger partial charge in [0, 0.05) is 19.6 Å². The summed E-state index contributed by atoms with van der Waals surface area (Å²) in [6, 6.07) is 0.833. The van der Waals surface area contributed by atoms with Crippen LogP contribution < -0.4 is 5.32 Å². The molecular weight excluding hydrogens is 226 g/mol. The number of hydrogen-bond donors (Lipinski definition) is 1. The van der Waals surface area contributed by atoms with Crippen molar-refractivity contribution in [2.45, 2.75) is 38.3 Å².